The average molecular weight is 448 g/mol. The summed E-state index contributed by atoms with van der Waals surface area (Å²) in [5, 5.41) is 9.71. The maximum Gasteiger partial charge on any atom is 0.233 e. The van der Waals surface area contributed by atoms with Crippen LogP contribution in [0.25, 0.3) is 11.4 Å². The second-order valence-electron chi connectivity index (χ2n) is 8.75. The van der Waals surface area contributed by atoms with E-state index in [1.54, 1.807) is 6.20 Å². The van der Waals surface area contributed by atoms with Crippen molar-refractivity contribution in [1.82, 2.24) is 24.6 Å². The van der Waals surface area contributed by atoms with Crippen molar-refractivity contribution in [3.8, 4) is 11.4 Å². The van der Waals surface area contributed by atoms with Gasteiger partial charge in [-0.05, 0) is 49.3 Å². The van der Waals surface area contributed by atoms with Crippen LogP contribution in [0.15, 0.2) is 60.0 Å². The lowest BCUT2D eigenvalue weighted by Crippen LogP contribution is -2.50. The number of fused-ring (bicyclic) bond motifs is 1. The molecule has 1 saturated carbocycles. The molecule has 2 aromatic heterocycles. The number of benzene rings is 1. The molecule has 1 aliphatic carbocycles. The Morgan fingerprint density at radius 3 is 2.69 bits per heavy atom. The summed E-state index contributed by atoms with van der Waals surface area (Å²) in [5.41, 5.74) is 2.10. The van der Waals surface area contributed by atoms with Crippen LogP contribution in [0.5, 0.6) is 0 Å². The van der Waals surface area contributed by atoms with Gasteiger partial charge in [0.2, 0.25) is 5.91 Å². The first kappa shape index (κ1) is 21.2. The Bertz CT molecular complexity index is 1040. The van der Waals surface area contributed by atoms with Gasteiger partial charge in [0.25, 0.3) is 0 Å². The molecule has 3 aromatic rings. The van der Waals surface area contributed by atoms with Crippen molar-refractivity contribution in [2.45, 2.75) is 56.3 Å². The first-order valence-electron chi connectivity index (χ1n) is 11.6. The van der Waals surface area contributed by atoms with Crippen molar-refractivity contribution < 1.29 is 4.79 Å². The van der Waals surface area contributed by atoms with Gasteiger partial charge in [0.1, 0.15) is 0 Å². The third kappa shape index (κ3) is 4.58. The van der Waals surface area contributed by atoms with Crippen LogP contribution in [0.2, 0.25) is 0 Å². The molecule has 32 heavy (non-hydrogen) atoms. The number of carbonyl (C=O) groups is 1. The fraction of sp³-hybridized carbons (Fsp3) is 0.440. The lowest BCUT2D eigenvalue weighted by atomic mass is 9.78. The van der Waals surface area contributed by atoms with Gasteiger partial charge in [-0.25, -0.2) is 0 Å². The third-order valence-electron chi connectivity index (χ3n) is 6.71. The molecule has 2 fully saturated rings. The Kier molecular flexibility index (Phi) is 6.53. The van der Waals surface area contributed by atoms with Gasteiger partial charge in [-0.2, -0.15) is 0 Å². The Balaban J connectivity index is 1.35. The second-order valence-corrected chi connectivity index (χ2v) is 9.69. The summed E-state index contributed by atoms with van der Waals surface area (Å²) in [7, 11) is 0. The van der Waals surface area contributed by atoms with Crippen LogP contribution in [0.4, 0.5) is 0 Å². The van der Waals surface area contributed by atoms with Crippen LogP contribution in [0.1, 0.15) is 44.1 Å². The van der Waals surface area contributed by atoms with Crippen LogP contribution in [0.3, 0.4) is 0 Å². The Morgan fingerprint density at radius 2 is 1.84 bits per heavy atom. The van der Waals surface area contributed by atoms with E-state index in [0.717, 1.165) is 35.9 Å². The highest BCUT2D eigenvalue weighted by Gasteiger charge is 2.35. The maximum absolute atomic E-state index is 13.2. The highest BCUT2D eigenvalue weighted by Crippen LogP contribution is 2.36. The SMILES string of the molecule is O=C(CSc1nnc(-c2cccnc2)n1Cc1ccccc1)N1CCC[C@H]2CCCC[C@H]21. The van der Waals surface area contributed by atoms with Crippen LogP contribution in [-0.4, -0.2) is 48.9 Å². The number of amides is 1. The quantitative estimate of drug-likeness (QED) is 0.514. The molecular formula is C25H29N5OS. The molecule has 2 aliphatic rings. The van der Waals surface area contributed by atoms with Crippen molar-refractivity contribution in [3.63, 3.8) is 0 Å². The predicted octanol–water partition coefficient (Wildman–Crippen LogP) is 4.66. The highest BCUT2D eigenvalue weighted by atomic mass is 32.2. The lowest BCUT2D eigenvalue weighted by molar-refractivity contribution is -0.134. The van der Waals surface area contributed by atoms with E-state index in [1.807, 2.05) is 36.5 Å². The number of rotatable bonds is 6. The summed E-state index contributed by atoms with van der Waals surface area (Å²) in [6.07, 6.45) is 11.0. The molecule has 3 heterocycles. The van der Waals surface area contributed by atoms with E-state index in [2.05, 4.69) is 36.8 Å². The normalized spacial score (nSPS) is 20.7. The Morgan fingerprint density at radius 1 is 1.00 bits per heavy atom. The first-order valence-corrected chi connectivity index (χ1v) is 12.6. The number of piperidine rings is 1. The Hall–Kier alpha value is -2.67. The second kappa shape index (κ2) is 9.86. The summed E-state index contributed by atoms with van der Waals surface area (Å²) < 4.78 is 2.10. The molecule has 0 bridgehead atoms. The number of thioether (sulfide) groups is 1. The number of nitrogens with zero attached hydrogens (tertiary/aromatic N) is 5. The summed E-state index contributed by atoms with van der Waals surface area (Å²) in [6.45, 7) is 1.56. The number of carbonyl (C=O) groups excluding carboxylic acids is 1. The van der Waals surface area contributed by atoms with Gasteiger partial charge >= 0.3 is 0 Å². The third-order valence-corrected chi connectivity index (χ3v) is 7.66. The zero-order valence-corrected chi connectivity index (χ0v) is 19.1. The molecule has 1 aromatic carbocycles. The van der Waals surface area contributed by atoms with E-state index < -0.39 is 0 Å². The minimum absolute atomic E-state index is 0.240. The molecule has 7 heteroatoms. The number of pyridine rings is 1. The first-order chi connectivity index (χ1) is 15.8. The topological polar surface area (TPSA) is 63.9 Å². The molecule has 166 valence electrons. The summed E-state index contributed by atoms with van der Waals surface area (Å²) in [6, 6.07) is 14.6. The van der Waals surface area contributed by atoms with Crippen LogP contribution in [-0.2, 0) is 11.3 Å². The van der Waals surface area contributed by atoms with Crippen molar-refractivity contribution in [3.05, 3.63) is 60.4 Å². The number of likely N-dealkylation sites (tertiary alicyclic amines) is 1. The maximum atomic E-state index is 13.2. The molecule has 1 aliphatic heterocycles. The van der Waals surface area contributed by atoms with Crippen molar-refractivity contribution in [2.24, 2.45) is 5.92 Å². The van der Waals surface area contributed by atoms with Gasteiger partial charge in [-0.1, -0.05) is 54.9 Å². The average Bonchev–Trinajstić information content (AvgIpc) is 3.25. The zero-order chi connectivity index (χ0) is 21.8. The van der Waals surface area contributed by atoms with Gasteiger partial charge in [0.05, 0.1) is 12.3 Å². The van der Waals surface area contributed by atoms with E-state index >= 15 is 0 Å². The minimum atomic E-state index is 0.240. The molecule has 5 rings (SSSR count). The summed E-state index contributed by atoms with van der Waals surface area (Å²) >= 11 is 1.50. The van der Waals surface area contributed by atoms with Crippen molar-refractivity contribution in [2.75, 3.05) is 12.3 Å². The van der Waals surface area contributed by atoms with Crippen molar-refractivity contribution >= 4 is 17.7 Å². The van der Waals surface area contributed by atoms with Gasteiger partial charge < -0.3 is 4.90 Å². The molecule has 0 unspecified atom stereocenters. The number of hydrogen-bond donors (Lipinski definition) is 0. The van der Waals surface area contributed by atoms with Gasteiger partial charge in [-0.15, -0.1) is 10.2 Å². The van der Waals surface area contributed by atoms with E-state index in [9.17, 15) is 4.79 Å². The van der Waals surface area contributed by atoms with Crippen LogP contribution in [0, 0.1) is 5.92 Å². The molecule has 6 nitrogen and oxygen atoms in total. The molecular weight excluding hydrogens is 418 g/mol. The van der Waals surface area contributed by atoms with Crippen LogP contribution < -0.4 is 0 Å². The summed E-state index contributed by atoms with van der Waals surface area (Å²) in [5.74, 6) is 2.12. The van der Waals surface area contributed by atoms with Gasteiger partial charge in [-0.3, -0.25) is 14.3 Å². The zero-order valence-electron chi connectivity index (χ0n) is 18.3. The molecule has 0 radical (unpaired) electrons. The van der Waals surface area contributed by atoms with Crippen LogP contribution >= 0.6 is 11.8 Å². The largest absolute Gasteiger partial charge is 0.339 e. The Labute approximate surface area is 193 Å². The minimum Gasteiger partial charge on any atom is -0.339 e. The highest BCUT2D eigenvalue weighted by molar-refractivity contribution is 7.99. The number of hydrogen-bond acceptors (Lipinski definition) is 5. The molecule has 0 N–H and O–H groups in total. The lowest BCUT2D eigenvalue weighted by Gasteiger charge is -2.44. The smallest absolute Gasteiger partial charge is 0.233 e. The monoisotopic (exact) mass is 447 g/mol. The molecule has 2 atom stereocenters. The predicted molar refractivity (Wildman–Crippen MR) is 126 cm³/mol. The van der Waals surface area contributed by atoms with Gasteiger partial charge in [0, 0.05) is 30.5 Å². The molecule has 0 spiro atoms. The standard InChI is InChI=1S/C25H29N5OS/c31-23(29-15-7-12-20-10-4-5-13-22(20)29)18-32-25-28-27-24(21-11-6-14-26-16-21)30(25)17-19-8-2-1-3-9-19/h1-3,6,8-9,11,14,16,20,22H,4-5,7,10,12-13,15,17-18H2/t20-,22-/m1/s1. The van der Waals surface area contributed by atoms with E-state index in [1.165, 1.54) is 43.0 Å². The fourth-order valence-electron chi connectivity index (χ4n) is 5.16. The van der Waals surface area contributed by atoms with E-state index in [-0.39, 0.29) is 5.91 Å². The number of aromatic nitrogens is 4. The van der Waals surface area contributed by atoms with E-state index in [4.69, 9.17) is 0 Å². The molecule has 1 saturated heterocycles. The molecule has 1 amide bonds. The summed E-state index contributed by atoms with van der Waals surface area (Å²) in [4.78, 5) is 19.6. The van der Waals surface area contributed by atoms with E-state index in [0.29, 0.717) is 24.3 Å². The fourth-order valence-corrected chi connectivity index (χ4v) is 5.98. The van der Waals surface area contributed by atoms with Gasteiger partial charge in [0.15, 0.2) is 11.0 Å². The van der Waals surface area contributed by atoms with Crippen molar-refractivity contribution in [1.29, 1.82) is 0 Å².